The highest BCUT2D eigenvalue weighted by Crippen LogP contribution is 2.37. The van der Waals surface area contributed by atoms with E-state index in [0.29, 0.717) is 17.7 Å². The molecule has 0 aromatic heterocycles. The number of benzene rings is 2. The number of sulfonamides is 1. The molecule has 2 aromatic carbocycles. The van der Waals surface area contributed by atoms with Crippen LogP contribution in [0.1, 0.15) is 16.7 Å². The van der Waals surface area contributed by atoms with Gasteiger partial charge in [-0.05, 0) is 42.7 Å². The number of hydrogen-bond donors (Lipinski definition) is 1. The van der Waals surface area contributed by atoms with Crippen LogP contribution in [-0.4, -0.2) is 20.4 Å². The minimum absolute atomic E-state index is 0.209. The van der Waals surface area contributed by atoms with E-state index in [4.69, 9.17) is 5.73 Å². The van der Waals surface area contributed by atoms with Gasteiger partial charge in [0.05, 0.1) is 10.6 Å². The molecule has 5 nitrogen and oxygen atoms in total. The highest BCUT2D eigenvalue weighted by atomic mass is 32.2. The smallest absolute Gasteiger partial charge is 0.265 e. The van der Waals surface area contributed by atoms with E-state index in [9.17, 15) is 13.2 Å². The average molecular weight is 330 g/mol. The number of para-hydroxylation sites is 1. The standard InChI is InChI=1S/C17H18N2O3S/c1-11-7-8-12(2)16(9-11)23(21,22)19-14-6-4-3-5-13(14)10-15(19)17(18)20/h3-9,15H,10H2,1-2H3,(H2,18,20)/t15-/m0/s1. The van der Waals surface area contributed by atoms with Crippen molar-refractivity contribution < 1.29 is 13.2 Å². The maximum absolute atomic E-state index is 13.2. The van der Waals surface area contributed by atoms with Gasteiger partial charge in [0.2, 0.25) is 5.91 Å². The van der Waals surface area contributed by atoms with Gasteiger partial charge in [-0.2, -0.15) is 0 Å². The molecule has 0 aliphatic carbocycles. The molecule has 0 unspecified atom stereocenters. The van der Waals surface area contributed by atoms with Gasteiger partial charge < -0.3 is 5.73 Å². The van der Waals surface area contributed by atoms with Crippen molar-refractivity contribution in [3.05, 3.63) is 59.2 Å². The lowest BCUT2D eigenvalue weighted by molar-refractivity contribution is -0.118. The lowest BCUT2D eigenvalue weighted by Gasteiger charge is -2.26. The van der Waals surface area contributed by atoms with Crippen molar-refractivity contribution in [2.24, 2.45) is 5.73 Å². The number of carbonyl (C=O) groups excluding carboxylic acids is 1. The second kappa shape index (κ2) is 5.38. The first-order valence-electron chi connectivity index (χ1n) is 7.31. The predicted octanol–water partition coefficient (Wildman–Crippen LogP) is 1.91. The van der Waals surface area contributed by atoms with Crippen LogP contribution < -0.4 is 10.0 Å². The van der Waals surface area contributed by atoms with Crippen LogP contribution in [0, 0.1) is 13.8 Å². The molecule has 0 radical (unpaired) electrons. The van der Waals surface area contributed by atoms with Crippen molar-refractivity contribution >= 4 is 21.6 Å². The van der Waals surface area contributed by atoms with Crippen LogP contribution in [0.15, 0.2) is 47.4 Å². The number of rotatable bonds is 3. The van der Waals surface area contributed by atoms with Crippen LogP contribution in [0.2, 0.25) is 0 Å². The van der Waals surface area contributed by atoms with Gasteiger partial charge in [-0.3, -0.25) is 9.10 Å². The molecule has 2 aromatic rings. The van der Waals surface area contributed by atoms with Gasteiger partial charge in [0.1, 0.15) is 6.04 Å². The van der Waals surface area contributed by atoms with Crippen LogP contribution in [-0.2, 0) is 21.2 Å². The lowest BCUT2D eigenvalue weighted by Crippen LogP contribution is -2.46. The summed E-state index contributed by atoms with van der Waals surface area (Å²) in [4.78, 5) is 12.0. The molecule has 1 atom stereocenters. The molecule has 1 amide bonds. The van der Waals surface area contributed by atoms with E-state index in [0.717, 1.165) is 11.1 Å². The fourth-order valence-corrected chi connectivity index (χ4v) is 4.93. The Labute approximate surface area is 135 Å². The quantitative estimate of drug-likeness (QED) is 0.933. The summed E-state index contributed by atoms with van der Waals surface area (Å²) in [6.07, 6.45) is 0.301. The fraction of sp³-hybridized carbons (Fsp3) is 0.235. The van der Waals surface area contributed by atoms with E-state index < -0.39 is 22.0 Å². The molecule has 1 heterocycles. The van der Waals surface area contributed by atoms with Crippen molar-refractivity contribution in [1.29, 1.82) is 0 Å². The van der Waals surface area contributed by atoms with Crippen molar-refractivity contribution in [3.8, 4) is 0 Å². The third-order valence-electron chi connectivity index (χ3n) is 4.13. The molecule has 1 aliphatic heterocycles. The monoisotopic (exact) mass is 330 g/mol. The predicted molar refractivity (Wildman–Crippen MR) is 88.7 cm³/mol. The fourth-order valence-electron chi connectivity index (χ4n) is 2.96. The van der Waals surface area contributed by atoms with E-state index >= 15 is 0 Å². The number of aryl methyl sites for hydroxylation is 2. The largest absolute Gasteiger partial charge is 0.368 e. The summed E-state index contributed by atoms with van der Waals surface area (Å²) >= 11 is 0. The zero-order chi connectivity index (χ0) is 16.8. The first-order chi connectivity index (χ1) is 10.8. The maximum Gasteiger partial charge on any atom is 0.265 e. The van der Waals surface area contributed by atoms with Crippen LogP contribution in [0.4, 0.5) is 5.69 Å². The molecule has 0 saturated heterocycles. The molecule has 120 valence electrons. The minimum Gasteiger partial charge on any atom is -0.368 e. The van der Waals surface area contributed by atoms with E-state index in [1.54, 1.807) is 31.2 Å². The van der Waals surface area contributed by atoms with E-state index in [1.165, 1.54) is 4.31 Å². The third kappa shape index (κ3) is 2.49. The van der Waals surface area contributed by atoms with E-state index in [2.05, 4.69) is 0 Å². The van der Waals surface area contributed by atoms with Crippen molar-refractivity contribution in [3.63, 3.8) is 0 Å². The summed E-state index contributed by atoms with van der Waals surface area (Å²) in [7, 11) is -3.87. The average Bonchev–Trinajstić information content (AvgIpc) is 2.90. The van der Waals surface area contributed by atoms with Crippen molar-refractivity contribution in [2.75, 3.05) is 4.31 Å². The molecule has 1 aliphatic rings. The number of nitrogens with zero attached hydrogens (tertiary/aromatic N) is 1. The zero-order valence-corrected chi connectivity index (χ0v) is 13.8. The van der Waals surface area contributed by atoms with Crippen LogP contribution in [0.25, 0.3) is 0 Å². The first-order valence-corrected chi connectivity index (χ1v) is 8.75. The molecule has 2 N–H and O–H groups in total. The number of primary amides is 1. The van der Waals surface area contributed by atoms with Gasteiger partial charge in [0.25, 0.3) is 10.0 Å². The second-order valence-corrected chi connectivity index (χ2v) is 7.60. The van der Waals surface area contributed by atoms with Gasteiger partial charge in [0, 0.05) is 6.42 Å². The molecule has 0 spiro atoms. The molecule has 6 heteroatoms. The second-order valence-electron chi connectivity index (χ2n) is 5.82. The topological polar surface area (TPSA) is 80.5 Å². The summed E-state index contributed by atoms with van der Waals surface area (Å²) in [6.45, 7) is 3.58. The molecule has 0 fully saturated rings. The molecular weight excluding hydrogens is 312 g/mol. The minimum atomic E-state index is -3.87. The normalized spacial score (nSPS) is 17.1. The summed E-state index contributed by atoms with van der Waals surface area (Å²) in [5, 5.41) is 0. The number of hydrogen-bond acceptors (Lipinski definition) is 3. The Morgan fingerprint density at radius 1 is 1.17 bits per heavy atom. The first kappa shape index (κ1) is 15.6. The molecule has 3 rings (SSSR count). The Morgan fingerprint density at radius 2 is 1.87 bits per heavy atom. The number of fused-ring (bicyclic) bond motifs is 1. The highest BCUT2D eigenvalue weighted by Gasteiger charge is 2.41. The van der Waals surface area contributed by atoms with E-state index in [-0.39, 0.29) is 4.90 Å². The SMILES string of the molecule is Cc1ccc(C)c(S(=O)(=O)N2c3ccccc3C[C@H]2C(N)=O)c1. The maximum atomic E-state index is 13.2. The Balaban J connectivity index is 2.21. The van der Waals surface area contributed by atoms with Crippen molar-refractivity contribution in [2.45, 2.75) is 31.2 Å². The summed E-state index contributed by atoms with van der Waals surface area (Å²) in [6, 6.07) is 11.5. The van der Waals surface area contributed by atoms with Crippen LogP contribution >= 0.6 is 0 Å². The number of anilines is 1. The number of carbonyl (C=O) groups is 1. The Bertz CT molecular complexity index is 890. The van der Waals surface area contributed by atoms with Crippen LogP contribution in [0.3, 0.4) is 0 Å². The van der Waals surface area contributed by atoms with Crippen molar-refractivity contribution in [1.82, 2.24) is 0 Å². The summed E-state index contributed by atoms with van der Waals surface area (Å²) in [5.74, 6) is -0.643. The molecule has 0 saturated carbocycles. The lowest BCUT2D eigenvalue weighted by atomic mass is 10.1. The third-order valence-corrected chi connectivity index (χ3v) is 6.10. The molecule has 23 heavy (non-hydrogen) atoms. The Hall–Kier alpha value is -2.34. The van der Waals surface area contributed by atoms with Gasteiger partial charge >= 0.3 is 0 Å². The van der Waals surface area contributed by atoms with E-state index in [1.807, 2.05) is 25.1 Å². The highest BCUT2D eigenvalue weighted by molar-refractivity contribution is 7.93. The molecular formula is C17H18N2O3S. The van der Waals surface area contributed by atoms with Gasteiger partial charge in [-0.15, -0.1) is 0 Å². The van der Waals surface area contributed by atoms with Gasteiger partial charge in [0.15, 0.2) is 0 Å². The number of amides is 1. The molecule has 0 bridgehead atoms. The zero-order valence-electron chi connectivity index (χ0n) is 13.0. The number of nitrogens with two attached hydrogens (primary N) is 1. The van der Waals surface area contributed by atoms with Gasteiger partial charge in [-0.1, -0.05) is 30.3 Å². The Morgan fingerprint density at radius 3 is 2.57 bits per heavy atom. The summed E-state index contributed by atoms with van der Waals surface area (Å²) < 4.78 is 27.6. The van der Waals surface area contributed by atoms with Gasteiger partial charge in [-0.25, -0.2) is 8.42 Å². The van der Waals surface area contributed by atoms with Crippen LogP contribution in [0.5, 0.6) is 0 Å². The Kier molecular flexibility index (Phi) is 3.64. The summed E-state index contributed by atoms with van der Waals surface area (Å²) in [5.41, 5.74) is 8.29.